The third kappa shape index (κ3) is 2.91. The highest BCUT2D eigenvalue weighted by Gasteiger charge is 2.47. The Hall–Kier alpha value is -0.780. The Morgan fingerprint density at radius 3 is 2.24 bits per heavy atom. The standard InChI is InChI=1S/C11H17F3N2O/c12-11(13,14)7-16(8-3-4-8)9(17)10(15)5-1-2-6-10/h8H,1-7,15H2. The molecule has 6 heteroatoms. The number of nitrogens with two attached hydrogens (primary N) is 1. The number of alkyl halides is 3. The van der Waals surface area contributed by atoms with Gasteiger partial charge in [-0.1, -0.05) is 12.8 Å². The lowest BCUT2D eigenvalue weighted by atomic mass is 9.97. The van der Waals surface area contributed by atoms with Crippen molar-refractivity contribution in [2.75, 3.05) is 6.54 Å². The molecule has 2 saturated carbocycles. The minimum absolute atomic E-state index is 0.245. The van der Waals surface area contributed by atoms with E-state index in [9.17, 15) is 18.0 Å². The molecule has 17 heavy (non-hydrogen) atoms. The van der Waals surface area contributed by atoms with Crippen LogP contribution in [0.5, 0.6) is 0 Å². The largest absolute Gasteiger partial charge is 0.406 e. The van der Waals surface area contributed by atoms with Crippen LogP contribution in [0.2, 0.25) is 0 Å². The van der Waals surface area contributed by atoms with Crippen molar-refractivity contribution in [3.63, 3.8) is 0 Å². The first-order valence-electron chi connectivity index (χ1n) is 5.98. The maximum Gasteiger partial charge on any atom is 0.406 e. The lowest BCUT2D eigenvalue weighted by Gasteiger charge is -2.32. The maximum absolute atomic E-state index is 12.4. The molecule has 0 aromatic rings. The van der Waals surface area contributed by atoms with E-state index in [1.165, 1.54) is 0 Å². The van der Waals surface area contributed by atoms with E-state index in [0.717, 1.165) is 17.7 Å². The van der Waals surface area contributed by atoms with Crippen LogP contribution in [-0.4, -0.2) is 35.1 Å². The molecule has 2 aliphatic rings. The zero-order valence-corrected chi connectivity index (χ0v) is 9.59. The monoisotopic (exact) mass is 250 g/mol. The Morgan fingerprint density at radius 2 is 1.82 bits per heavy atom. The highest BCUT2D eigenvalue weighted by atomic mass is 19.4. The van der Waals surface area contributed by atoms with Gasteiger partial charge in [-0.3, -0.25) is 4.79 Å². The van der Waals surface area contributed by atoms with Gasteiger partial charge >= 0.3 is 6.18 Å². The summed E-state index contributed by atoms with van der Waals surface area (Å²) in [7, 11) is 0. The molecule has 2 N–H and O–H groups in total. The van der Waals surface area contributed by atoms with E-state index in [1.54, 1.807) is 0 Å². The lowest BCUT2D eigenvalue weighted by molar-refractivity contribution is -0.165. The number of halogens is 3. The van der Waals surface area contributed by atoms with E-state index in [1.807, 2.05) is 0 Å². The summed E-state index contributed by atoms with van der Waals surface area (Å²) in [6.07, 6.45) is -0.345. The predicted octanol–water partition coefficient (Wildman–Crippen LogP) is 1.81. The average Bonchev–Trinajstić information content (AvgIpc) is 2.96. The van der Waals surface area contributed by atoms with Gasteiger partial charge in [0.05, 0.1) is 5.54 Å². The number of hydrogen-bond donors (Lipinski definition) is 1. The van der Waals surface area contributed by atoms with Gasteiger partial charge in [0, 0.05) is 6.04 Å². The number of amides is 1. The van der Waals surface area contributed by atoms with Crippen LogP contribution in [0.15, 0.2) is 0 Å². The summed E-state index contributed by atoms with van der Waals surface area (Å²) in [4.78, 5) is 13.1. The Kier molecular flexibility index (Phi) is 3.10. The molecule has 0 heterocycles. The summed E-state index contributed by atoms with van der Waals surface area (Å²) >= 11 is 0. The van der Waals surface area contributed by atoms with E-state index in [0.29, 0.717) is 25.7 Å². The quantitative estimate of drug-likeness (QED) is 0.830. The summed E-state index contributed by atoms with van der Waals surface area (Å²) in [5, 5.41) is 0. The first-order valence-corrected chi connectivity index (χ1v) is 5.98. The maximum atomic E-state index is 12.4. The summed E-state index contributed by atoms with van der Waals surface area (Å²) in [5.74, 6) is -0.505. The summed E-state index contributed by atoms with van der Waals surface area (Å²) < 4.78 is 37.3. The summed E-state index contributed by atoms with van der Waals surface area (Å²) in [6.45, 7) is -1.16. The molecule has 0 saturated heterocycles. The van der Waals surface area contributed by atoms with E-state index < -0.39 is 24.2 Å². The van der Waals surface area contributed by atoms with E-state index in [2.05, 4.69) is 0 Å². The molecule has 0 aliphatic heterocycles. The molecule has 0 spiro atoms. The van der Waals surface area contributed by atoms with Gasteiger partial charge in [0.2, 0.25) is 5.91 Å². The smallest absolute Gasteiger partial charge is 0.329 e. The van der Waals surface area contributed by atoms with Crippen molar-refractivity contribution in [2.24, 2.45) is 5.73 Å². The first kappa shape index (κ1) is 12.7. The topological polar surface area (TPSA) is 46.3 Å². The molecule has 3 nitrogen and oxygen atoms in total. The van der Waals surface area contributed by atoms with Crippen LogP contribution in [0.1, 0.15) is 38.5 Å². The Labute approximate surface area is 98.1 Å². The molecule has 2 rings (SSSR count). The normalized spacial score (nSPS) is 23.8. The minimum Gasteiger partial charge on any atom is -0.329 e. The van der Waals surface area contributed by atoms with Crippen LogP contribution in [0, 0.1) is 0 Å². The zero-order chi connectivity index (χ0) is 12.7. The number of carbonyl (C=O) groups is 1. The fourth-order valence-corrected chi connectivity index (χ4v) is 2.45. The summed E-state index contributed by atoms with van der Waals surface area (Å²) in [6, 6.07) is -0.245. The van der Waals surface area contributed by atoms with Gasteiger partial charge in [-0.05, 0) is 25.7 Å². The van der Waals surface area contributed by atoms with Crippen molar-refractivity contribution >= 4 is 5.91 Å². The highest BCUT2D eigenvalue weighted by molar-refractivity contribution is 5.87. The van der Waals surface area contributed by atoms with Crippen LogP contribution < -0.4 is 5.73 Å². The van der Waals surface area contributed by atoms with Crippen molar-refractivity contribution in [1.29, 1.82) is 0 Å². The molecule has 2 aliphatic carbocycles. The van der Waals surface area contributed by atoms with Gasteiger partial charge < -0.3 is 10.6 Å². The zero-order valence-electron chi connectivity index (χ0n) is 9.59. The predicted molar refractivity (Wildman–Crippen MR) is 56.2 cm³/mol. The van der Waals surface area contributed by atoms with Crippen LogP contribution in [0.3, 0.4) is 0 Å². The van der Waals surface area contributed by atoms with Crippen LogP contribution >= 0.6 is 0 Å². The van der Waals surface area contributed by atoms with E-state index >= 15 is 0 Å². The van der Waals surface area contributed by atoms with Crippen molar-refractivity contribution < 1.29 is 18.0 Å². The fourth-order valence-electron chi connectivity index (χ4n) is 2.45. The molecule has 0 atom stereocenters. The lowest BCUT2D eigenvalue weighted by Crippen LogP contribution is -2.56. The fraction of sp³-hybridized carbons (Fsp3) is 0.909. The second-order valence-electron chi connectivity index (χ2n) is 5.14. The third-order valence-corrected chi connectivity index (χ3v) is 3.52. The van der Waals surface area contributed by atoms with Crippen LogP contribution in [-0.2, 0) is 4.79 Å². The molecule has 0 aromatic heterocycles. The third-order valence-electron chi connectivity index (χ3n) is 3.52. The molecule has 0 aromatic carbocycles. The highest BCUT2D eigenvalue weighted by Crippen LogP contribution is 2.35. The van der Waals surface area contributed by atoms with Crippen molar-refractivity contribution in [3.05, 3.63) is 0 Å². The molecule has 98 valence electrons. The van der Waals surface area contributed by atoms with E-state index in [-0.39, 0.29) is 6.04 Å². The minimum atomic E-state index is -4.34. The molecule has 0 bridgehead atoms. The van der Waals surface area contributed by atoms with Crippen LogP contribution in [0.25, 0.3) is 0 Å². The SMILES string of the molecule is NC1(C(=O)N(CC(F)(F)F)C2CC2)CCCC1. The molecule has 1 amide bonds. The number of carbonyl (C=O) groups excluding carboxylic acids is 1. The molecule has 0 radical (unpaired) electrons. The van der Waals surface area contributed by atoms with Gasteiger partial charge in [0.1, 0.15) is 6.54 Å². The molecular formula is C11H17F3N2O. The van der Waals surface area contributed by atoms with Gasteiger partial charge in [-0.25, -0.2) is 0 Å². The Balaban J connectivity index is 2.07. The first-order chi connectivity index (χ1) is 7.82. The van der Waals surface area contributed by atoms with Crippen molar-refractivity contribution in [3.8, 4) is 0 Å². The number of nitrogens with zero attached hydrogens (tertiary/aromatic N) is 1. The Morgan fingerprint density at radius 1 is 1.29 bits per heavy atom. The molecule has 2 fully saturated rings. The Bertz CT molecular complexity index is 306. The van der Waals surface area contributed by atoms with E-state index in [4.69, 9.17) is 5.73 Å². The van der Waals surface area contributed by atoms with Crippen LogP contribution in [0.4, 0.5) is 13.2 Å². The molecular weight excluding hydrogens is 233 g/mol. The number of rotatable bonds is 3. The second kappa shape index (κ2) is 4.15. The van der Waals surface area contributed by atoms with Crippen molar-refractivity contribution in [1.82, 2.24) is 4.90 Å². The van der Waals surface area contributed by atoms with Crippen molar-refractivity contribution in [2.45, 2.75) is 56.3 Å². The molecule has 0 unspecified atom stereocenters. The van der Waals surface area contributed by atoms with Gasteiger partial charge in [-0.15, -0.1) is 0 Å². The van der Waals surface area contributed by atoms with Gasteiger partial charge in [-0.2, -0.15) is 13.2 Å². The van der Waals surface area contributed by atoms with Gasteiger partial charge in [0.25, 0.3) is 0 Å². The number of hydrogen-bond acceptors (Lipinski definition) is 2. The average molecular weight is 250 g/mol. The van der Waals surface area contributed by atoms with Gasteiger partial charge in [0.15, 0.2) is 0 Å². The second-order valence-corrected chi connectivity index (χ2v) is 5.14. The summed E-state index contributed by atoms with van der Waals surface area (Å²) in [5.41, 5.74) is 4.88.